The molecule has 8 nitrogen and oxygen atoms in total. The molecule has 0 amide bonds. The molecule has 0 radical (unpaired) electrons. The molecule has 4 saturated heterocycles. The van der Waals surface area contributed by atoms with E-state index in [0.29, 0.717) is 32.2 Å². The summed E-state index contributed by atoms with van der Waals surface area (Å²) in [6, 6.07) is 1.34. The molecule has 4 aliphatic rings. The summed E-state index contributed by atoms with van der Waals surface area (Å²) >= 11 is 0.723. The Morgan fingerprint density at radius 1 is 1.12 bits per heavy atom. The zero-order valence-corrected chi connectivity index (χ0v) is 26.7. The van der Waals surface area contributed by atoms with Crippen LogP contribution >= 0.6 is 11.3 Å². The molecule has 4 aromatic rings. The van der Waals surface area contributed by atoms with Gasteiger partial charge in [0.25, 0.3) is 6.43 Å². The molecular formula is C32H31F8N7OS. The van der Waals surface area contributed by atoms with E-state index in [1.807, 2.05) is 4.90 Å². The molecule has 6 heterocycles. The highest BCUT2D eigenvalue weighted by Gasteiger charge is 2.50. The summed E-state index contributed by atoms with van der Waals surface area (Å²) in [6.45, 7) is 0.361. The first-order chi connectivity index (χ1) is 23.3. The number of nitrogens with two attached hydrogens (primary N) is 1. The van der Waals surface area contributed by atoms with Crippen LogP contribution in [0.4, 0.5) is 46.1 Å². The van der Waals surface area contributed by atoms with Gasteiger partial charge in [-0.05, 0) is 56.8 Å². The number of halogens is 8. The van der Waals surface area contributed by atoms with Crippen LogP contribution < -0.4 is 20.7 Å². The van der Waals surface area contributed by atoms with Crippen molar-refractivity contribution >= 4 is 43.4 Å². The number of alkyl halides is 6. The van der Waals surface area contributed by atoms with Crippen molar-refractivity contribution in [3.63, 3.8) is 0 Å². The largest absolute Gasteiger partial charge is 0.461 e. The summed E-state index contributed by atoms with van der Waals surface area (Å²) in [5, 5.41) is 2.50. The lowest BCUT2D eigenvalue weighted by molar-refractivity contribution is -0.137. The Kier molecular flexibility index (Phi) is 7.83. The fourth-order valence-corrected chi connectivity index (χ4v) is 9.32. The Balaban J connectivity index is 1.31. The number of hydrogen-bond acceptors (Lipinski definition) is 9. The monoisotopic (exact) mass is 713 g/mol. The highest BCUT2D eigenvalue weighted by atomic mass is 32.1. The molecular weight excluding hydrogens is 682 g/mol. The van der Waals surface area contributed by atoms with Gasteiger partial charge in [0.2, 0.25) is 0 Å². The van der Waals surface area contributed by atoms with Gasteiger partial charge in [-0.15, -0.1) is 0 Å². The summed E-state index contributed by atoms with van der Waals surface area (Å²) in [4.78, 5) is 16.7. The van der Waals surface area contributed by atoms with Gasteiger partial charge in [-0.25, -0.2) is 26.9 Å². The van der Waals surface area contributed by atoms with Crippen molar-refractivity contribution in [1.29, 1.82) is 0 Å². The average molecular weight is 714 g/mol. The van der Waals surface area contributed by atoms with Crippen molar-refractivity contribution in [3.8, 4) is 17.1 Å². The second-order valence-corrected chi connectivity index (χ2v) is 14.4. The maximum Gasteiger partial charge on any atom is 0.417 e. The van der Waals surface area contributed by atoms with E-state index >= 15 is 4.39 Å². The summed E-state index contributed by atoms with van der Waals surface area (Å²) in [5.74, 6) is -2.13. The van der Waals surface area contributed by atoms with Gasteiger partial charge in [0, 0.05) is 47.6 Å². The van der Waals surface area contributed by atoms with E-state index in [1.54, 1.807) is 4.90 Å². The molecule has 49 heavy (non-hydrogen) atoms. The molecule has 2 bridgehead atoms. The van der Waals surface area contributed by atoms with Crippen LogP contribution in [0.3, 0.4) is 0 Å². The number of benzene rings is 2. The molecule has 1 unspecified atom stereocenters. The predicted octanol–water partition coefficient (Wildman–Crippen LogP) is 6.71. The summed E-state index contributed by atoms with van der Waals surface area (Å²) in [7, 11) is 0. The topological polar surface area (TPSA) is 92.4 Å². The minimum absolute atomic E-state index is 0.0116. The Bertz CT molecular complexity index is 1940. The SMILES string of the molecule is Nc1nc2c(-c3c(C(F)(F)F)cc4c(N5[C@@H]6CC[C@H]5C(NCC(F)F)C6)nc(OC[C@@]56CCCN5C[C@H](F)C6)nc4c3F)ccc(F)c2s1. The normalized spacial score (nSPS) is 27.0. The van der Waals surface area contributed by atoms with Gasteiger partial charge in [-0.2, -0.15) is 23.1 Å². The van der Waals surface area contributed by atoms with E-state index in [0.717, 1.165) is 36.0 Å². The number of thiazole rings is 1. The number of nitrogen functional groups attached to an aromatic ring is 1. The number of anilines is 2. The van der Waals surface area contributed by atoms with Crippen molar-refractivity contribution in [3.05, 3.63) is 35.4 Å². The standard InChI is InChI=1S/C32H31F8N7OS/c33-14-10-31(6-1-7-46(31)12-14)13-48-30-44-25-17(28(45-30)47-15-2-5-21(47)20(8-15)42-11-22(35)36)9-18(32(38,39)40)23(24(25)37)16-3-4-19(34)27-26(16)43-29(41)49-27/h3-4,9,14-15,20-22,42H,1-2,5-8,10-13H2,(H2,41,43)/t14-,15-,20?,21+,31+/m1/s1. The van der Waals surface area contributed by atoms with Crippen LogP contribution in [0, 0.1) is 11.6 Å². The molecule has 17 heteroatoms. The van der Waals surface area contributed by atoms with Crippen LogP contribution in [0.1, 0.15) is 44.1 Å². The smallest absolute Gasteiger partial charge is 0.417 e. The number of fused-ring (bicyclic) bond motifs is 5. The molecule has 0 saturated carbocycles. The maximum atomic E-state index is 17.0. The maximum absolute atomic E-state index is 17.0. The quantitative estimate of drug-likeness (QED) is 0.195. The summed E-state index contributed by atoms with van der Waals surface area (Å²) in [5.41, 5.74) is 1.90. The first kappa shape index (κ1) is 32.6. The lowest BCUT2D eigenvalue weighted by Gasteiger charge is -2.31. The van der Waals surface area contributed by atoms with Crippen molar-refractivity contribution in [1.82, 2.24) is 25.2 Å². The van der Waals surface area contributed by atoms with Gasteiger partial charge in [0.05, 0.1) is 27.9 Å². The Labute approximate surface area is 278 Å². The van der Waals surface area contributed by atoms with Crippen LogP contribution in [0.2, 0.25) is 0 Å². The third-order valence-corrected chi connectivity index (χ3v) is 11.4. The number of hydrogen-bond donors (Lipinski definition) is 2. The number of nitrogens with zero attached hydrogens (tertiary/aromatic N) is 5. The van der Waals surface area contributed by atoms with Crippen LogP contribution in [-0.4, -0.2) is 82.4 Å². The minimum atomic E-state index is -5.08. The number of ether oxygens (including phenoxy) is 1. The van der Waals surface area contributed by atoms with Crippen molar-refractivity contribution < 1.29 is 39.9 Å². The van der Waals surface area contributed by atoms with Crippen molar-refractivity contribution in [2.24, 2.45) is 0 Å². The Morgan fingerprint density at radius 3 is 2.71 bits per heavy atom. The molecule has 5 atom stereocenters. The summed E-state index contributed by atoms with van der Waals surface area (Å²) in [6.07, 6.45) is -5.41. The highest BCUT2D eigenvalue weighted by molar-refractivity contribution is 7.22. The molecule has 0 aliphatic carbocycles. The third kappa shape index (κ3) is 5.42. The first-order valence-electron chi connectivity index (χ1n) is 16.1. The van der Waals surface area contributed by atoms with E-state index in [-0.39, 0.29) is 63.7 Å². The first-order valence-corrected chi connectivity index (χ1v) is 16.9. The molecule has 4 aliphatic heterocycles. The lowest BCUT2D eigenvalue weighted by atomic mass is 9.95. The second-order valence-electron chi connectivity index (χ2n) is 13.4. The summed E-state index contributed by atoms with van der Waals surface area (Å²) < 4.78 is 123. The lowest BCUT2D eigenvalue weighted by Crippen LogP contribution is -2.44. The molecule has 8 rings (SSSR count). The third-order valence-electron chi connectivity index (χ3n) is 10.5. The van der Waals surface area contributed by atoms with E-state index in [9.17, 15) is 30.7 Å². The number of aromatic nitrogens is 3. The molecule has 262 valence electrons. The van der Waals surface area contributed by atoms with E-state index < -0.39 is 71.2 Å². The van der Waals surface area contributed by atoms with Gasteiger partial charge in [0.15, 0.2) is 10.9 Å². The van der Waals surface area contributed by atoms with Crippen LogP contribution in [0.5, 0.6) is 6.01 Å². The van der Waals surface area contributed by atoms with Gasteiger partial charge < -0.3 is 20.7 Å². The van der Waals surface area contributed by atoms with Crippen LogP contribution in [0.25, 0.3) is 32.2 Å². The highest BCUT2D eigenvalue weighted by Crippen LogP contribution is 2.49. The minimum Gasteiger partial charge on any atom is -0.461 e. The van der Waals surface area contributed by atoms with Gasteiger partial charge in [-0.1, -0.05) is 11.3 Å². The molecule has 3 N–H and O–H groups in total. The fraction of sp³-hybridized carbons (Fsp3) is 0.531. The predicted molar refractivity (Wildman–Crippen MR) is 168 cm³/mol. The van der Waals surface area contributed by atoms with E-state index in [4.69, 9.17) is 10.5 Å². The van der Waals surface area contributed by atoms with Crippen molar-refractivity contribution in [2.45, 2.75) is 81.0 Å². The average Bonchev–Trinajstić information content (AvgIpc) is 3.85. The zero-order chi connectivity index (χ0) is 34.4. The second kappa shape index (κ2) is 11.8. The van der Waals surface area contributed by atoms with E-state index in [1.165, 1.54) is 0 Å². The Morgan fingerprint density at radius 2 is 1.94 bits per heavy atom. The van der Waals surface area contributed by atoms with Gasteiger partial charge >= 0.3 is 12.2 Å². The number of rotatable bonds is 8. The number of nitrogens with one attached hydrogen (secondary N) is 1. The molecule has 4 fully saturated rings. The van der Waals surface area contributed by atoms with Gasteiger partial charge in [0.1, 0.15) is 29.9 Å². The van der Waals surface area contributed by atoms with Crippen LogP contribution in [0.15, 0.2) is 18.2 Å². The fourth-order valence-electron chi connectivity index (χ4n) is 8.56. The molecule has 2 aromatic heterocycles. The van der Waals surface area contributed by atoms with E-state index in [2.05, 4.69) is 20.3 Å². The van der Waals surface area contributed by atoms with Gasteiger partial charge in [-0.3, -0.25) is 4.90 Å². The van der Waals surface area contributed by atoms with Crippen LogP contribution in [-0.2, 0) is 6.18 Å². The molecule has 0 spiro atoms. The van der Waals surface area contributed by atoms with Crippen molar-refractivity contribution in [2.75, 3.05) is 36.9 Å². The molecule has 2 aromatic carbocycles. The Hall–Kier alpha value is -3.57. The zero-order valence-electron chi connectivity index (χ0n) is 25.8.